The molecule has 6 aromatic rings. The summed E-state index contributed by atoms with van der Waals surface area (Å²) >= 11 is 0. The fourth-order valence-corrected chi connectivity index (χ4v) is 5.32. The van der Waals surface area contributed by atoms with Crippen LogP contribution in [0.5, 0.6) is 5.75 Å². The Balaban J connectivity index is 0.00000433. The van der Waals surface area contributed by atoms with Crippen LogP contribution in [0.15, 0.2) is 115 Å². The molecule has 0 radical (unpaired) electrons. The minimum Gasteiger partial charge on any atom is -0.507 e. The van der Waals surface area contributed by atoms with Crippen molar-refractivity contribution in [3.8, 4) is 39.9 Å². The Morgan fingerprint density at radius 1 is 0.638 bits per heavy atom. The van der Waals surface area contributed by atoms with Crippen LogP contribution in [0.4, 0.5) is 17.2 Å². The first-order chi connectivity index (χ1) is 22.0. The molecule has 0 spiro atoms. The number of phenolic OH excluding ortho intramolecular Hbond substituents is 1. The minimum atomic E-state index is -0.299. The second kappa shape index (κ2) is 13.6. The van der Waals surface area contributed by atoms with Crippen LogP contribution in [-0.4, -0.2) is 25.0 Å². The third-order valence-electron chi connectivity index (χ3n) is 7.85. The Hall–Kier alpha value is -4.67. The van der Waals surface area contributed by atoms with Crippen molar-refractivity contribution < 1.29 is 26.2 Å². The van der Waals surface area contributed by atoms with Gasteiger partial charge in [0, 0.05) is 44.1 Å². The van der Waals surface area contributed by atoms with Gasteiger partial charge in [-0.25, -0.2) is 9.97 Å². The van der Waals surface area contributed by atoms with Gasteiger partial charge in [0.2, 0.25) is 0 Å². The molecule has 0 saturated heterocycles. The van der Waals surface area contributed by atoms with Crippen molar-refractivity contribution in [3.63, 3.8) is 0 Å². The Labute approximate surface area is 291 Å². The van der Waals surface area contributed by atoms with Crippen LogP contribution in [-0.2, 0) is 31.9 Å². The summed E-state index contributed by atoms with van der Waals surface area (Å²) in [5, 5.41) is 11.7. The fraction of sp³-hybridized carbons (Fsp3) is 0.200. The molecule has 4 aromatic carbocycles. The number of nitrogens with zero attached hydrogens (tertiary/aromatic N) is 5. The third kappa shape index (κ3) is 7.34. The monoisotopic (exact) mass is 799 g/mol. The Kier molecular flexibility index (Phi) is 9.74. The summed E-state index contributed by atoms with van der Waals surface area (Å²) in [5.74, 6) is 2.32. The van der Waals surface area contributed by atoms with Crippen molar-refractivity contribution in [2.24, 2.45) is 0 Å². The molecule has 2 aromatic heterocycles. The van der Waals surface area contributed by atoms with Crippen LogP contribution < -0.4 is 4.90 Å². The van der Waals surface area contributed by atoms with Crippen molar-refractivity contribution >= 4 is 17.2 Å². The number of aromatic hydroxyl groups is 1. The molecule has 0 aliphatic rings. The van der Waals surface area contributed by atoms with Gasteiger partial charge in [-0.1, -0.05) is 102 Å². The normalized spacial score (nSPS) is 11.5. The fourth-order valence-electron chi connectivity index (χ4n) is 5.32. The number of benzene rings is 4. The molecule has 0 fully saturated rings. The number of hydrogen-bond acceptors (Lipinski definition) is 6. The van der Waals surface area contributed by atoms with Gasteiger partial charge < -0.3 is 10.0 Å². The van der Waals surface area contributed by atoms with Crippen LogP contribution in [0.2, 0.25) is 0 Å². The van der Waals surface area contributed by atoms with Gasteiger partial charge in [0.1, 0.15) is 11.6 Å². The van der Waals surface area contributed by atoms with E-state index < -0.39 is 0 Å². The second-order valence-corrected chi connectivity index (χ2v) is 13.4. The standard InChI is InChI=1S/C40H38N5O.Pt/c1-39(2,3)29-25-32(35(46)33(26-29)40(4,5)6)38-43-36(27-16-9-7-10-17-27)42-37(44-38)28-18-15-21-31(24-28)45(30-19-11-8-12-20-30)34-22-13-14-23-41-34;/h7-23,25-26,46H,1-6H3;/q-1;. The SMILES string of the molecule is CC(C)(C)c1cc(-c2nc(-c3[c-]c(N(c4ccccc4)c4ccccn4)ccc3)nc(-c3ccccc3)n2)c(O)c(C(C)(C)C)c1.[Pt]. The zero-order valence-corrected chi connectivity index (χ0v) is 29.7. The number of aromatic nitrogens is 4. The Morgan fingerprint density at radius 3 is 1.91 bits per heavy atom. The molecule has 6 nitrogen and oxygen atoms in total. The van der Waals surface area contributed by atoms with E-state index in [1.54, 1.807) is 6.20 Å². The Bertz CT molecular complexity index is 1930. The summed E-state index contributed by atoms with van der Waals surface area (Å²) in [5.41, 5.74) is 5.35. The maximum Gasteiger partial charge on any atom is 0.158 e. The molecular weight excluding hydrogens is 762 g/mol. The summed E-state index contributed by atoms with van der Waals surface area (Å²) in [7, 11) is 0. The first kappa shape index (κ1) is 33.7. The molecule has 1 N–H and O–H groups in total. The molecule has 47 heavy (non-hydrogen) atoms. The number of anilines is 3. The van der Waals surface area contributed by atoms with Crippen LogP contribution in [0.3, 0.4) is 0 Å². The summed E-state index contributed by atoms with van der Waals surface area (Å²) in [6, 6.07) is 39.4. The van der Waals surface area contributed by atoms with E-state index in [9.17, 15) is 5.11 Å². The number of para-hydroxylation sites is 1. The van der Waals surface area contributed by atoms with E-state index in [0.717, 1.165) is 33.9 Å². The number of rotatable bonds is 6. The Morgan fingerprint density at radius 2 is 1.28 bits per heavy atom. The molecule has 2 heterocycles. The average Bonchev–Trinajstić information content (AvgIpc) is 3.05. The molecule has 6 rings (SSSR count). The molecule has 7 heteroatoms. The average molecular weight is 800 g/mol. The van der Waals surface area contributed by atoms with E-state index >= 15 is 0 Å². The molecule has 0 unspecified atom stereocenters. The summed E-state index contributed by atoms with van der Waals surface area (Å²) in [4.78, 5) is 21.6. The molecule has 0 atom stereocenters. The summed E-state index contributed by atoms with van der Waals surface area (Å²) in [6.07, 6.45) is 1.78. The van der Waals surface area contributed by atoms with E-state index in [1.807, 2.05) is 103 Å². The molecular formula is C40H38N5OPt-. The van der Waals surface area contributed by atoms with Gasteiger partial charge in [0.25, 0.3) is 0 Å². The topological polar surface area (TPSA) is 75.0 Å². The molecule has 0 aliphatic carbocycles. The van der Waals surface area contributed by atoms with Crippen LogP contribution in [0.25, 0.3) is 34.2 Å². The van der Waals surface area contributed by atoms with E-state index in [1.165, 1.54) is 0 Å². The molecule has 0 bridgehead atoms. The van der Waals surface area contributed by atoms with E-state index in [2.05, 4.69) is 63.6 Å². The zero-order chi connectivity index (χ0) is 32.5. The van der Waals surface area contributed by atoms with Crippen molar-refractivity contribution in [3.05, 3.63) is 133 Å². The predicted molar refractivity (Wildman–Crippen MR) is 187 cm³/mol. The number of hydrogen-bond donors (Lipinski definition) is 1. The van der Waals surface area contributed by atoms with Gasteiger partial charge in [0.05, 0.1) is 11.4 Å². The maximum atomic E-state index is 11.7. The first-order valence-electron chi connectivity index (χ1n) is 15.5. The van der Waals surface area contributed by atoms with Gasteiger partial charge in [-0.15, -0.1) is 29.8 Å². The quantitative estimate of drug-likeness (QED) is 0.169. The second-order valence-electron chi connectivity index (χ2n) is 13.4. The molecule has 0 aliphatic heterocycles. The van der Waals surface area contributed by atoms with Crippen molar-refractivity contribution in [2.75, 3.05) is 4.90 Å². The minimum absolute atomic E-state index is 0. The van der Waals surface area contributed by atoms with Crippen LogP contribution >= 0.6 is 0 Å². The maximum absolute atomic E-state index is 11.7. The largest absolute Gasteiger partial charge is 0.507 e. The van der Waals surface area contributed by atoms with Gasteiger partial charge in [-0.05, 0) is 52.4 Å². The van der Waals surface area contributed by atoms with Gasteiger partial charge >= 0.3 is 0 Å². The smallest absolute Gasteiger partial charge is 0.158 e. The summed E-state index contributed by atoms with van der Waals surface area (Å²) in [6.45, 7) is 12.8. The predicted octanol–water partition coefficient (Wildman–Crippen LogP) is 9.84. The van der Waals surface area contributed by atoms with Crippen molar-refractivity contribution in [1.82, 2.24) is 19.9 Å². The summed E-state index contributed by atoms with van der Waals surface area (Å²) < 4.78 is 0. The van der Waals surface area contributed by atoms with Gasteiger partial charge in [0.15, 0.2) is 11.6 Å². The van der Waals surface area contributed by atoms with Gasteiger partial charge in [-0.2, -0.15) is 0 Å². The van der Waals surface area contributed by atoms with E-state index in [0.29, 0.717) is 28.6 Å². The van der Waals surface area contributed by atoms with Crippen molar-refractivity contribution in [1.29, 1.82) is 0 Å². The van der Waals surface area contributed by atoms with E-state index in [-0.39, 0.29) is 37.6 Å². The van der Waals surface area contributed by atoms with Crippen molar-refractivity contribution in [2.45, 2.75) is 52.4 Å². The van der Waals surface area contributed by atoms with E-state index in [4.69, 9.17) is 15.0 Å². The molecule has 240 valence electrons. The number of pyridine rings is 1. The molecule has 0 saturated carbocycles. The van der Waals surface area contributed by atoms with Crippen LogP contribution in [0.1, 0.15) is 52.7 Å². The first-order valence-corrected chi connectivity index (χ1v) is 15.5. The zero-order valence-electron chi connectivity index (χ0n) is 27.5. The van der Waals surface area contributed by atoms with Gasteiger partial charge in [-0.3, -0.25) is 9.97 Å². The third-order valence-corrected chi connectivity index (χ3v) is 7.85. The number of phenols is 1. The molecule has 0 amide bonds. The van der Waals surface area contributed by atoms with Crippen LogP contribution in [0, 0.1) is 6.07 Å².